The Morgan fingerprint density at radius 1 is 0.638 bits per heavy atom. The van der Waals surface area contributed by atoms with Crippen molar-refractivity contribution in [3.8, 4) is 50.8 Å². The first-order valence-corrected chi connectivity index (χ1v) is 23.9. The first-order chi connectivity index (χ1) is 33.1. The van der Waals surface area contributed by atoms with E-state index in [1.165, 1.54) is 19.8 Å². The molecule has 2 saturated heterocycles. The second-order valence-corrected chi connectivity index (χ2v) is 19.7. The molecule has 0 aliphatic carbocycles. The smallest absolute Gasteiger partial charge is 0.407 e. The summed E-state index contributed by atoms with van der Waals surface area (Å²) in [6.45, 7) is 15.4. The van der Waals surface area contributed by atoms with E-state index in [0.717, 1.165) is 76.4 Å². The zero-order valence-electron chi connectivity index (χ0n) is 41.0. The van der Waals surface area contributed by atoms with E-state index in [1.54, 1.807) is 4.90 Å². The van der Waals surface area contributed by atoms with Crippen molar-refractivity contribution in [1.29, 1.82) is 0 Å². The lowest BCUT2D eigenvalue weighted by molar-refractivity contribution is -0.136. The fraction of sp³-hybridized carbons (Fsp3) is 0.415. The molecule has 0 unspecified atom stereocenters. The number of likely N-dealkylation sites (tertiary alicyclic amines) is 2. The zero-order chi connectivity index (χ0) is 49.1. The molecule has 69 heavy (non-hydrogen) atoms. The summed E-state index contributed by atoms with van der Waals surface area (Å²) in [6, 6.07) is 29.7. The normalized spacial score (nSPS) is 17.0. The lowest BCUT2D eigenvalue weighted by atomic mass is 9.87. The van der Waals surface area contributed by atoms with Crippen molar-refractivity contribution in [1.82, 2.24) is 50.4 Å². The highest BCUT2D eigenvalue weighted by molar-refractivity contribution is 5.87. The van der Waals surface area contributed by atoms with Gasteiger partial charge in [0, 0.05) is 29.9 Å². The maximum Gasteiger partial charge on any atom is 0.407 e. The summed E-state index contributed by atoms with van der Waals surface area (Å²) >= 11 is 0. The molecule has 2 aliphatic rings. The van der Waals surface area contributed by atoms with Crippen LogP contribution in [-0.4, -0.2) is 103 Å². The van der Waals surface area contributed by atoms with Crippen LogP contribution in [0.25, 0.3) is 50.8 Å². The van der Waals surface area contributed by atoms with Gasteiger partial charge in [0.15, 0.2) is 5.82 Å². The number of carbonyl (C=O) groups excluding carboxylic acids is 4. The number of H-pyrrole nitrogens is 2. The molecule has 0 saturated carbocycles. The van der Waals surface area contributed by atoms with Gasteiger partial charge >= 0.3 is 12.2 Å². The number of benzene rings is 3. The molecule has 4 atom stereocenters. The molecule has 4 N–H and O–H groups in total. The lowest BCUT2D eigenvalue weighted by Gasteiger charge is -2.30. The highest BCUT2D eigenvalue weighted by Crippen LogP contribution is 2.38. The maximum atomic E-state index is 13.7. The van der Waals surface area contributed by atoms with Gasteiger partial charge in [0.2, 0.25) is 11.8 Å². The van der Waals surface area contributed by atoms with E-state index in [2.05, 4.69) is 129 Å². The third kappa shape index (κ3) is 10.2. The first kappa shape index (κ1) is 48.2. The molecule has 0 bridgehead atoms. The minimum atomic E-state index is -0.725. The number of ether oxygens (including phenoxy) is 2. The molecule has 2 aliphatic heterocycles. The number of hydrogen-bond donors (Lipinski definition) is 4. The van der Waals surface area contributed by atoms with E-state index in [9.17, 15) is 19.2 Å². The Labute approximate surface area is 403 Å². The third-order valence-corrected chi connectivity index (χ3v) is 13.4. The van der Waals surface area contributed by atoms with E-state index in [1.807, 2.05) is 50.8 Å². The fourth-order valence-corrected chi connectivity index (χ4v) is 9.51. The monoisotopic (exact) mass is 937 g/mol. The van der Waals surface area contributed by atoms with Gasteiger partial charge in [-0.25, -0.2) is 14.6 Å². The van der Waals surface area contributed by atoms with Crippen LogP contribution in [0.3, 0.4) is 0 Å². The van der Waals surface area contributed by atoms with Crippen LogP contribution in [-0.2, 0) is 24.5 Å². The topological polar surface area (TPSA) is 192 Å². The van der Waals surface area contributed by atoms with Crippen molar-refractivity contribution in [3.63, 3.8) is 0 Å². The van der Waals surface area contributed by atoms with Crippen molar-refractivity contribution in [2.24, 2.45) is 11.8 Å². The average molecular weight is 937 g/mol. The van der Waals surface area contributed by atoms with Crippen molar-refractivity contribution in [2.75, 3.05) is 27.3 Å². The predicted molar refractivity (Wildman–Crippen MR) is 264 cm³/mol. The number of amides is 4. The van der Waals surface area contributed by atoms with E-state index in [-0.39, 0.29) is 41.1 Å². The van der Waals surface area contributed by atoms with Gasteiger partial charge in [-0.2, -0.15) is 10.2 Å². The molecular weight excluding hydrogens is 873 g/mol. The summed E-state index contributed by atoms with van der Waals surface area (Å²) in [6.07, 6.45) is 1.91. The fourth-order valence-electron chi connectivity index (χ4n) is 9.51. The predicted octanol–water partition coefficient (Wildman–Crippen LogP) is 9.37. The molecule has 3 aromatic carbocycles. The molecular formula is C53H64N10O6. The van der Waals surface area contributed by atoms with Crippen LogP contribution in [0, 0.1) is 11.8 Å². The minimum Gasteiger partial charge on any atom is -0.453 e. The molecule has 16 heteroatoms. The van der Waals surface area contributed by atoms with Crippen molar-refractivity contribution in [3.05, 3.63) is 108 Å². The van der Waals surface area contributed by atoms with Gasteiger partial charge in [-0.3, -0.25) is 19.8 Å². The SMILES string of the molecule is COC(=O)N[C@H](C(=O)N1CCC[C@H]1c1cc(-c2ccc(-c3ccc(-c4ccc(-c5n[nH]c([C@@H]6CCCN6C(=O)[C@@H](NC(=O)OC)C(C)C)n5)cc4)n3-c3ccc(C(C)(C)C)cc3)cc2)n[nH]1)C(C)C. The van der Waals surface area contributed by atoms with E-state index in [4.69, 9.17) is 14.5 Å². The van der Waals surface area contributed by atoms with Crippen molar-refractivity contribution >= 4 is 24.0 Å². The highest BCUT2D eigenvalue weighted by Gasteiger charge is 2.39. The van der Waals surface area contributed by atoms with Gasteiger partial charge in [0.25, 0.3) is 0 Å². The van der Waals surface area contributed by atoms with Crippen LogP contribution in [0.2, 0.25) is 0 Å². The maximum absolute atomic E-state index is 13.7. The van der Waals surface area contributed by atoms with E-state index in [0.29, 0.717) is 24.7 Å². The van der Waals surface area contributed by atoms with Gasteiger partial charge in [-0.15, -0.1) is 0 Å². The van der Waals surface area contributed by atoms with Gasteiger partial charge < -0.3 is 34.5 Å². The largest absolute Gasteiger partial charge is 0.453 e. The molecule has 6 aromatic rings. The van der Waals surface area contributed by atoms with Gasteiger partial charge in [-0.1, -0.05) is 109 Å². The number of aromatic nitrogens is 6. The van der Waals surface area contributed by atoms with Crippen molar-refractivity contribution < 1.29 is 28.7 Å². The second kappa shape index (κ2) is 20.2. The molecule has 16 nitrogen and oxygen atoms in total. The molecule has 3 aromatic heterocycles. The summed E-state index contributed by atoms with van der Waals surface area (Å²) in [5, 5.41) is 21.0. The molecule has 8 rings (SSSR count). The third-order valence-electron chi connectivity index (χ3n) is 13.4. The Hall–Kier alpha value is -7.23. The Morgan fingerprint density at radius 3 is 1.64 bits per heavy atom. The molecule has 4 amide bonds. The molecule has 0 spiro atoms. The van der Waals surface area contributed by atoms with E-state index >= 15 is 0 Å². The number of nitrogens with zero attached hydrogens (tertiary/aromatic N) is 6. The quantitative estimate of drug-likeness (QED) is 0.0874. The number of aromatic amines is 2. The number of methoxy groups -OCH3 is 2. The number of carbonyl (C=O) groups is 4. The summed E-state index contributed by atoms with van der Waals surface area (Å²) in [7, 11) is 2.58. The number of rotatable bonds is 13. The zero-order valence-corrected chi connectivity index (χ0v) is 41.0. The van der Waals surface area contributed by atoms with Crippen LogP contribution in [0.4, 0.5) is 9.59 Å². The Kier molecular flexibility index (Phi) is 14.1. The average Bonchev–Trinajstić information content (AvgIpc) is 4.21. The number of alkyl carbamates (subject to hydrolysis) is 2. The molecule has 0 radical (unpaired) electrons. The van der Waals surface area contributed by atoms with Crippen LogP contribution >= 0.6 is 0 Å². The summed E-state index contributed by atoms with van der Waals surface area (Å²) < 4.78 is 11.9. The summed E-state index contributed by atoms with van der Waals surface area (Å²) in [4.78, 5) is 60.1. The second-order valence-electron chi connectivity index (χ2n) is 19.7. The molecule has 362 valence electrons. The molecule has 5 heterocycles. The summed E-state index contributed by atoms with van der Waals surface area (Å²) in [5.74, 6) is 0.578. The van der Waals surface area contributed by atoms with Crippen LogP contribution in [0.1, 0.15) is 103 Å². The van der Waals surface area contributed by atoms with Gasteiger partial charge in [0.05, 0.1) is 49.1 Å². The van der Waals surface area contributed by atoms with Crippen LogP contribution in [0.5, 0.6) is 0 Å². The standard InChI is InChI=1S/C53H64N10O6/c1-31(2)45(54-51(66)68-8)49(64)61-28-10-12-43(61)40-30-39(57-58-40)33-14-16-34(17-15-33)41-26-27-42(63(41)38-24-22-37(23-25-38)53(5,6)7)35-18-20-36(21-19-35)47-56-48(60-59-47)44-13-11-29-62(44)50(65)46(32(3)4)55-52(67)69-9/h14-27,30-32,43-46H,10-13,28-29H2,1-9H3,(H,54,66)(H,55,67)(H,57,58)(H,56,59,60)/t43-,44-,45-,46-/m0/s1. The van der Waals surface area contributed by atoms with Gasteiger partial charge in [-0.05, 0) is 90.0 Å². The number of hydrogen-bond acceptors (Lipinski definition) is 9. The summed E-state index contributed by atoms with van der Waals surface area (Å²) in [5.41, 5.74) is 9.71. The lowest BCUT2D eigenvalue weighted by Crippen LogP contribution is -2.51. The van der Waals surface area contributed by atoms with Crippen LogP contribution in [0.15, 0.2) is 91.0 Å². The number of nitrogens with one attached hydrogen (secondary N) is 4. The van der Waals surface area contributed by atoms with Crippen LogP contribution < -0.4 is 10.6 Å². The Bertz CT molecular complexity index is 2610. The molecule has 2 fully saturated rings. The minimum absolute atomic E-state index is 0.00753. The Balaban J connectivity index is 1.04. The van der Waals surface area contributed by atoms with E-state index < -0.39 is 24.3 Å². The first-order valence-electron chi connectivity index (χ1n) is 23.9. The van der Waals surface area contributed by atoms with Crippen molar-refractivity contribution in [2.45, 2.75) is 104 Å². The highest BCUT2D eigenvalue weighted by atomic mass is 16.5. The Morgan fingerprint density at radius 2 is 1.13 bits per heavy atom. The van der Waals surface area contributed by atoms with Gasteiger partial charge in [0.1, 0.15) is 17.9 Å².